The molecule has 0 aliphatic rings. The number of hydrogen-bond acceptors (Lipinski definition) is 6. The molecule has 3 aromatic rings. The number of esters is 1. The molecule has 3 rings (SSSR count). The third-order valence-corrected chi connectivity index (χ3v) is 4.12. The lowest BCUT2D eigenvalue weighted by Crippen LogP contribution is -2.23. The summed E-state index contributed by atoms with van der Waals surface area (Å²) in [5.41, 5.74) is 3.43. The highest BCUT2D eigenvalue weighted by Gasteiger charge is 2.13. The van der Waals surface area contributed by atoms with Gasteiger partial charge in [-0.15, -0.1) is 0 Å². The van der Waals surface area contributed by atoms with Crippen LogP contribution in [0, 0.1) is 6.92 Å². The van der Waals surface area contributed by atoms with Crippen molar-refractivity contribution >= 4 is 23.5 Å². The van der Waals surface area contributed by atoms with Gasteiger partial charge in [0.15, 0.2) is 0 Å². The Hall–Kier alpha value is -3.74. The number of rotatable bonds is 7. The lowest BCUT2D eigenvalue weighted by Gasteiger charge is -2.10. The van der Waals surface area contributed by atoms with E-state index in [1.165, 1.54) is 12.4 Å². The van der Waals surface area contributed by atoms with Crippen molar-refractivity contribution in [2.75, 3.05) is 11.9 Å². The smallest absolute Gasteiger partial charge is 0.340 e. The predicted molar refractivity (Wildman–Crippen MR) is 110 cm³/mol. The molecule has 1 heterocycles. The Morgan fingerprint density at radius 1 is 1.03 bits per heavy atom. The van der Waals surface area contributed by atoms with Gasteiger partial charge in [0.25, 0.3) is 5.91 Å². The van der Waals surface area contributed by atoms with Gasteiger partial charge < -0.3 is 15.4 Å². The van der Waals surface area contributed by atoms with Gasteiger partial charge in [-0.1, -0.05) is 42.0 Å². The van der Waals surface area contributed by atoms with Crippen molar-refractivity contribution in [2.45, 2.75) is 20.4 Å². The number of nitrogens with zero attached hydrogens (tertiary/aromatic N) is 2. The Labute approximate surface area is 169 Å². The van der Waals surface area contributed by atoms with Crippen molar-refractivity contribution in [2.24, 2.45) is 0 Å². The van der Waals surface area contributed by atoms with Crippen LogP contribution in [-0.2, 0) is 11.3 Å². The lowest BCUT2D eigenvalue weighted by molar-refractivity contribution is 0.0527. The first-order valence-corrected chi connectivity index (χ1v) is 9.25. The predicted octanol–water partition coefficient (Wildman–Crippen LogP) is 3.64. The maximum absolute atomic E-state index is 12.3. The number of amides is 1. The second-order valence-corrected chi connectivity index (χ2v) is 6.36. The highest BCUT2D eigenvalue weighted by Crippen LogP contribution is 2.19. The number of ether oxygens (including phenoxy) is 1. The monoisotopic (exact) mass is 390 g/mol. The third-order valence-electron chi connectivity index (χ3n) is 4.12. The van der Waals surface area contributed by atoms with E-state index < -0.39 is 5.97 Å². The molecule has 1 amide bonds. The molecule has 29 heavy (non-hydrogen) atoms. The average Bonchev–Trinajstić information content (AvgIpc) is 2.73. The number of nitrogens with one attached hydrogen (secondary N) is 2. The van der Waals surface area contributed by atoms with Crippen LogP contribution in [0.5, 0.6) is 0 Å². The van der Waals surface area contributed by atoms with Gasteiger partial charge in [-0.3, -0.25) is 4.79 Å². The van der Waals surface area contributed by atoms with E-state index in [2.05, 4.69) is 20.6 Å². The van der Waals surface area contributed by atoms with Crippen LogP contribution in [0.2, 0.25) is 0 Å². The maximum atomic E-state index is 12.3. The fourth-order valence-corrected chi connectivity index (χ4v) is 2.72. The zero-order chi connectivity index (χ0) is 20.6. The SMILES string of the molecule is CCOC(=O)c1ccccc1Nc1ncc(C(=O)NCc2cccc(C)c2)cn1. The van der Waals surface area contributed by atoms with E-state index in [0.717, 1.165) is 11.1 Å². The second-order valence-electron chi connectivity index (χ2n) is 6.36. The first-order valence-electron chi connectivity index (χ1n) is 9.25. The fourth-order valence-electron chi connectivity index (χ4n) is 2.72. The molecule has 7 nitrogen and oxygen atoms in total. The molecule has 0 fully saturated rings. The lowest BCUT2D eigenvalue weighted by atomic mass is 10.1. The normalized spacial score (nSPS) is 10.3. The number of carbonyl (C=O) groups is 2. The molecule has 0 saturated heterocycles. The number of carbonyl (C=O) groups excluding carboxylic acids is 2. The second kappa shape index (κ2) is 9.45. The summed E-state index contributed by atoms with van der Waals surface area (Å²) in [5, 5.41) is 5.84. The molecule has 7 heteroatoms. The quantitative estimate of drug-likeness (QED) is 0.599. The molecule has 0 bridgehead atoms. The van der Waals surface area contributed by atoms with Gasteiger partial charge >= 0.3 is 5.97 Å². The van der Waals surface area contributed by atoms with Crippen LogP contribution in [-0.4, -0.2) is 28.5 Å². The Bertz CT molecular complexity index is 1000. The highest BCUT2D eigenvalue weighted by atomic mass is 16.5. The molecule has 2 N–H and O–H groups in total. The molecule has 0 saturated carbocycles. The summed E-state index contributed by atoms with van der Waals surface area (Å²) in [6.07, 6.45) is 2.88. The van der Waals surface area contributed by atoms with E-state index in [1.54, 1.807) is 31.2 Å². The minimum Gasteiger partial charge on any atom is -0.462 e. The summed E-state index contributed by atoms with van der Waals surface area (Å²) in [6.45, 7) is 4.47. The summed E-state index contributed by atoms with van der Waals surface area (Å²) in [6, 6.07) is 14.9. The van der Waals surface area contributed by atoms with Crippen molar-refractivity contribution in [1.82, 2.24) is 15.3 Å². The summed E-state index contributed by atoms with van der Waals surface area (Å²) in [7, 11) is 0. The number of anilines is 2. The van der Waals surface area contributed by atoms with Crippen LogP contribution in [0.1, 0.15) is 38.8 Å². The molecular weight excluding hydrogens is 368 g/mol. The number of para-hydroxylation sites is 1. The molecule has 1 aromatic heterocycles. The minimum absolute atomic E-state index is 0.259. The van der Waals surface area contributed by atoms with Crippen LogP contribution in [0.15, 0.2) is 60.9 Å². The molecule has 148 valence electrons. The van der Waals surface area contributed by atoms with Gasteiger partial charge in [-0.05, 0) is 31.5 Å². The van der Waals surface area contributed by atoms with Gasteiger partial charge in [0.2, 0.25) is 5.95 Å². The van der Waals surface area contributed by atoms with Gasteiger partial charge in [-0.25, -0.2) is 14.8 Å². The topological polar surface area (TPSA) is 93.2 Å². The summed E-state index contributed by atoms with van der Waals surface area (Å²) >= 11 is 0. The number of aromatic nitrogens is 2. The Morgan fingerprint density at radius 2 is 1.79 bits per heavy atom. The zero-order valence-corrected chi connectivity index (χ0v) is 16.3. The van der Waals surface area contributed by atoms with E-state index >= 15 is 0 Å². The number of aryl methyl sites for hydroxylation is 1. The van der Waals surface area contributed by atoms with Gasteiger partial charge in [0.1, 0.15) is 0 Å². The van der Waals surface area contributed by atoms with Crippen LogP contribution < -0.4 is 10.6 Å². The first kappa shape index (κ1) is 20.0. The molecule has 0 aliphatic carbocycles. The van der Waals surface area contributed by atoms with Gasteiger partial charge in [0.05, 0.1) is 23.4 Å². The minimum atomic E-state index is -0.428. The van der Waals surface area contributed by atoms with E-state index in [4.69, 9.17) is 4.74 Å². The van der Waals surface area contributed by atoms with E-state index in [-0.39, 0.29) is 18.5 Å². The Morgan fingerprint density at radius 3 is 2.52 bits per heavy atom. The average molecular weight is 390 g/mol. The van der Waals surface area contributed by atoms with E-state index in [9.17, 15) is 9.59 Å². The van der Waals surface area contributed by atoms with Crippen molar-refractivity contribution in [1.29, 1.82) is 0 Å². The van der Waals surface area contributed by atoms with Crippen molar-refractivity contribution in [3.8, 4) is 0 Å². The Balaban J connectivity index is 1.65. The van der Waals surface area contributed by atoms with Crippen molar-refractivity contribution in [3.05, 3.63) is 83.2 Å². The first-order chi connectivity index (χ1) is 14.1. The van der Waals surface area contributed by atoms with Crippen LogP contribution >= 0.6 is 0 Å². The van der Waals surface area contributed by atoms with Gasteiger partial charge in [0, 0.05) is 18.9 Å². The molecule has 0 spiro atoms. The van der Waals surface area contributed by atoms with Crippen molar-refractivity contribution in [3.63, 3.8) is 0 Å². The van der Waals surface area contributed by atoms with Crippen LogP contribution in [0.25, 0.3) is 0 Å². The summed E-state index contributed by atoms with van der Waals surface area (Å²) < 4.78 is 5.05. The summed E-state index contributed by atoms with van der Waals surface area (Å²) in [4.78, 5) is 32.7. The third kappa shape index (κ3) is 5.38. The fraction of sp³-hybridized carbons (Fsp3) is 0.182. The maximum Gasteiger partial charge on any atom is 0.340 e. The van der Waals surface area contributed by atoms with Crippen LogP contribution in [0.3, 0.4) is 0 Å². The molecule has 0 unspecified atom stereocenters. The van der Waals surface area contributed by atoms with E-state index in [1.807, 2.05) is 31.2 Å². The number of hydrogen-bond donors (Lipinski definition) is 2. The van der Waals surface area contributed by atoms with Crippen LogP contribution in [0.4, 0.5) is 11.6 Å². The molecular formula is C22H22N4O3. The molecule has 2 aromatic carbocycles. The van der Waals surface area contributed by atoms with Crippen molar-refractivity contribution < 1.29 is 14.3 Å². The zero-order valence-electron chi connectivity index (χ0n) is 16.3. The number of benzene rings is 2. The molecule has 0 aliphatic heterocycles. The molecule has 0 atom stereocenters. The largest absolute Gasteiger partial charge is 0.462 e. The summed E-state index contributed by atoms with van der Waals surface area (Å²) in [5.74, 6) is -0.412. The highest BCUT2D eigenvalue weighted by molar-refractivity contribution is 5.96. The van der Waals surface area contributed by atoms with E-state index in [0.29, 0.717) is 23.4 Å². The standard InChI is InChI=1S/C22H22N4O3/c1-3-29-21(28)18-9-4-5-10-19(18)26-22-24-13-17(14-25-22)20(27)23-12-16-8-6-7-15(2)11-16/h4-11,13-14H,3,12H2,1-2H3,(H,23,27)(H,24,25,26). The molecule has 0 radical (unpaired) electrons. The van der Waals surface area contributed by atoms with Gasteiger partial charge in [-0.2, -0.15) is 0 Å². The Kier molecular flexibility index (Phi) is 6.52.